The molecule has 218 valence electrons. The Morgan fingerprint density at radius 3 is 2.58 bits per heavy atom. The number of halogens is 2. The van der Waals surface area contributed by atoms with Crippen LogP contribution < -0.4 is 19.6 Å². The van der Waals surface area contributed by atoms with Gasteiger partial charge in [-0.15, -0.1) is 0 Å². The Labute approximate surface area is 255 Å². The summed E-state index contributed by atoms with van der Waals surface area (Å²) >= 11 is 7.61. The van der Waals surface area contributed by atoms with Crippen molar-refractivity contribution in [2.24, 2.45) is 4.99 Å². The summed E-state index contributed by atoms with van der Waals surface area (Å²) in [6.07, 6.45) is 1.85. The summed E-state index contributed by atoms with van der Waals surface area (Å²) in [6.45, 7) is 4.01. The Morgan fingerprint density at radius 2 is 1.84 bits per heavy atom. The van der Waals surface area contributed by atoms with Gasteiger partial charge in [-0.1, -0.05) is 59.3 Å². The molecule has 0 N–H and O–H groups in total. The minimum Gasteiger partial charge on any atom is -0.496 e. The van der Waals surface area contributed by atoms with Gasteiger partial charge >= 0.3 is 5.97 Å². The highest BCUT2D eigenvalue weighted by atomic mass is 35.5. The molecule has 1 atom stereocenters. The van der Waals surface area contributed by atoms with Crippen molar-refractivity contribution >= 4 is 45.9 Å². The number of carbonyl (C=O) groups is 1. The van der Waals surface area contributed by atoms with Crippen molar-refractivity contribution in [1.29, 1.82) is 0 Å². The van der Waals surface area contributed by atoms with Crippen molar-refractivity contribution in [2.75, 3.05) is 14.2 Å². The normalized spacial score (nSPS) is 15.0. The maximum Gasteiger partial charge on any atom is 0.338 e. The molecule has 10 heteroatoms. The van der Waals surface area contributed by atoms with Crippen LogP contribution in [-0.2, 0) is 16.1 Å². The lowest BCUT2D eigenvalue weighted by atomic mass is 9.95. The van der Waals surface area contributed by atoms with Crippen molar-refractivity contribution in [1.82, 2.24) is 9.13 Å². The van der Waals surface area contributed by atoms with Crippen LogP contribution in [-0.4, -0.2) is 29.3 Å². The number of allylic oxidation sites excluding steroid dienone is 1. The molecule has 0 spiro atoms. The number of para-hydroxylation sites is 1. The van der Waals surface area contributed by atoms with E-state index in [1.54, 1.807) is 37.3 Å². The first kappa shape index (κ1) is 28.6. The predicted octanol–water partition coefficient (Wildman–Crippen LogP) is 5.52. The third-order valence-electron chi connectivity index (χ3n) is 7.75. The molecule has 3 heterocycles. The van der Waals surface area contributed by atoms with E-state index in [2.05, 4.69) is 9.56 Å². The number of hydrogen-bond donors (Lipinski definition) is 0. The summed E-state index contributed by atoms with van der Waals surface area (Å²) in [5, 5.41) is 1.36. The van der Waals surface area contributed by atoms with E-state index in [-0.39, 0.29) is 16.9 Å². The van der Waals surface area contributed by atoms with Gasteiger partial charge < -0.3 is 14.0 Å². The molecule has 0 radical (unpaired) electrons. The largest absolute Gasteiger partial charge is 0.496 e. The van der Waals surface area contributed by atoms with E-state index in [4.69, 9.17) is 21.1 Å². The minimum absolute atomic E-state index is 0.222. The fourth-order valence-corrected chi connectivity index (χ4v) is 6.89. The average molecular weight is 616 g/mol. The molecule has 1 aliphatic rings. The van der Waals surface area contributed by atoms with Gasteiger partial charge in [0.1, 0.15) is 17.6 Å². The van der Waals surface area contributed by atoms with Crippen LogP contribution in [0.25, 0.3) is 17.0 Å². The molecular weight excluding hydrogens is 589 g/mol. The van der Waals surface area contributed by atoms with Gasteiger partial charge in [0.25, 0.3) is 5.56 Å². The lowest BCUT2D eigenvalue weighted by Crippen LogP contribution is -2.40. The molecule has 3 aromatic carbocycles. The molecule has 0 amide bonds. The van der Waals surface area contributed by atoms with Gasteiger partial charge in [0.05, 0.1) is 36.6 Å². The molecule has 2 aromatic heterocycles. The Morgan fingerprint density at radius 1 is 1.09 bits per heavy atom. The SMILES string of the molecule is COC(=O)C1=C(C)N=c2s/c(=C\c3c(C)n(Cc4ccccc4F)c4ccccc34)c(=O)n2[C@@H]1c1cc(Cl)ccc1OC. The Balaban J connectivity index is 1.59. The Hall–Kier alpha value is -4.47. The summed E-state index contributed by atoms with van der Waals surface area (Å²) in [7, 11) is 2.81. The topological polar surface area (TPSA) is 74.8 Å². The fourth-order valence-electron chi connectivity index (χ4n) is 5.68. The predicted molar refractivity (Wildman–Crippen MR) is 166 cm³/mol. The van der Waals surface area contributed by atoms with Gasteiger partial charge in [0.15, 0.2) is 4.80 Å². The first-order valence-electron chi connectivity index (χ1n) is 13.5. The number of esters is 1. The van der Waals surface area contributed by atoms with Gasteiger partial charge in [0, 0.05) is 38.3 Å². The lowest BCUT2D eigenvalue weighted by Gasteiger charge is -2.25. The lowest BCUT2D eigenvalue weighted by molar-refractivity contribution is -0.136. The van der Waals surface area contributed by atoms with Crippen LogP contribution in [0.1, 0.15) is 35.3 Å². The molecule has 6 rings (SSSR count). The highest BCUT2D eigenvalue weighted by Crippen LogP contribution is 2.37. The summed E-state index contributed by atoms with van der Waals surface area (Å²) in [4.78, 5) is 32.4. The molecule has 7 nitrogen and oxygen atoms in total. The monoisotopic (exact) mass is 615 g/mol. The Kier molecular flexibility index (Phi) is 7.54. The number of benzene rings is 3. The molecule has 1 aliphatic heterocycles. The quantitative estimate of drug-likeness (QED) is 0.236. The van der Waals surface area contributed by atoms with Gasteiger partial charge in [0.2, 0.25) is 0 Å². The van der Waals surface area contributed by atoms with E-state index in [0.717, 1.165) is 22.2 Å². The van der Waals surface area contributed by atoms with Crippen LogP contribution in [0.5, 0.6) is 5.75 Å². The fraction of sp³-hybridized carbons (Fsp3) is 0.182. The van der Waals surface area contributed by atoms with Crippen molar-refractivity contribution in [3.63, 3.8) is 0 Å². The summed E-state index contributed by atoms with van der Waals surface area (Å²) in [5.74, 6) is -0.412. The summed E-state index contributed by atoms with van der Waals surface area (Å²) in [6, 6.07) is 18.8. The Bertz CT molecular complexity index is 2140. The molecule has 0 saturated carbocycles. The third kappa shape index (κ3) is 4.88. The summed E-state index contributed by atoms with van der Waals surface area (Å²) in [5.41, 5.74) is 4.09. The van der Waals surface area contributed by atoms with E-state index >= 15 is 0 Å². The van der Waals surface area contributed by atoms with Crippen LogP contribution in [0.15, 0.2) is 87.8 Å². The molecule has 43 heavy (non-hydrogen) atoms. The molecule has 0 unspecified atom stereocenters. The van der Waals surface area contributed by atoms with Gasteiger partial charge in [-0.25, -0.2) is 14.2 Å². The van der Waals surface area contributed by atoms with Gasteiger partial charge in [-0.3, -0.25) is 9.36 Å². The van der Waals surface area contributed by atoms with Crippen LogP contribution in [0.2, 0.25) is 5.02 Å². The van der Waals surface area contributed by atoms with Crippen molar-refractivity contribution < 1.29 is 18.7 Å². The number of nitrogens with zero attached hydrogens (tertiary/aromatic N) is 3. The molecule has 0 fully saturated rings. The second-order valence-electron chi connectivity index (χ2n) is 10.2. The molecule has 5 aromatic rings. The number of aromatic nitrogens is 2. The maximum atomic E-state index is 14.6. The smallest absolute Gasteiger partial charge is 0.338 e. The number of rotatable bonds is 6. The van der Waals surface area contributed by atoms with E-state index in [0.29, 0.717) is 43.5 Å². The number of fused-ring (bicyclic) bond motifs is 2. The second kappa shape index (κ2) is 11.3. The number of thiazole rings is 1. The van der Waals surface area contributed by atoms with Crippen LogP contribution in [0, 0.1) is 12.7 Å². The van der Waals surface area contributed by atoms with Crippen LogP contribution >= 0.6 is 22.9 Å². The molecular formula is C33H27ClFN3O4S. The van der Waals surface area contributed by atoms with E-state index in [9.17, 15) is 14.0 Å². The number of hydrogen-bond acceptors (Lipinski definition) is 6. The van der Waals surface area contributed by atoms with Crippen molar-refractivity contribution in [2.45, 2.75) is 26.4 Å². The maximum absolute atomic E-state index is 14.6. The van der Waals surface area contributed by atoms with E-state index in [1.807, 2.05) is 43.3 Å². The van der Waals surface area contributed by atoms with E-state index in [1.165, 1.54) is 36.2 Å². The number of methoxy groups -OCH3 is 2. The second-order valence-corrected chi connectivity index (χ2v) is 11.6. The van der Waals surface area contributed by atoms with E-state index < -0.39 is 12.0 Å². The molecule has 0 bridgehead atoms. The average Bonchev–Trinajstić information content (AvgIpc) is 3.45. The highest BCUT2D eigenvalue weighted by Gasteiger charge is 2.35. The first-order valence-corrected chi connectivity index (χ1v) is 14.7. The number of ether oxygens (including phenoxy) is 2. The van der Waals surface area contributed by atoms with Crippen LogP contribution in [0.4, 0.5) is 4.39 Å². The van der Waals surface area contributed by atoms with Crippen molar-refractivity contribution in [3.8, 4) is 5.75 Å². The summed E-state index contributed by atoms with van der Waals surface area (Å²) < 4.78 is 29.3. The standard InChI is InChI=1S/C33H27ClFN3O4S/c1-18-29(32(40)42-4)30(24-15-21(34)13-14-27(24)41-3)38-31(39)28(43-33(38)36-18)16-23-19(2)37(26-12-8-6-10-22(23)26)17-20-9-5-7-11-25(20)35/h5-16,30H,17H2,1-4H3/b28-16-/t30-/m1/s1. The molecule has 0 saturated heterocycles. The first-order chi connectivity index (χ1) is 20.7. The van der Waals surface area contributed by atoms with Crippen molar-refractivity contribution in [3.05, 3.63) is 131 Å². The van der Waals surface area contributed by atoms with Gasteiger partial charge in [-0.2, -0.15) is 0 Å². The zero-order valence-electron chi connectivity index (χ0n) is 23.9. The highest BCUT2D eigenvalue weighted by molar-refractivity contribution is 7.07. The number of carbonyl (C=O) groups excluding carboxylic acids is 1. The minimum atomic E-state index is -0.872. The zero-order chi connectivity index (χ0) is 30.4. The third-order valence-corrected chi connectivity index (χ3v) is 8.97. The molecule has 0 aliphatic carbocycles. The zero-order valence-corrected chi connectivity index (χ0v) is 25.4. The van der Waals surface area contributed by atoms with Crippen LogP contribution in [0.3, 0.4) is 0 Å². The van der Waals surface area contributed by atoms with Gasteiger partial charge in [-0.05, 0) is 50.3 Å².